The molecule has 0 unspecified atom stereocenters. The van der Waals surface area contributed by atoms with E-state index < -0.39 is 9.84 Å². The molecule has 4 aromatic rings. The Labute approximate surface area is 188 Å². The van der Waals surface area contributed by atoms with E-state index >= 15 is 0 Å². The Morgan fingerprint density at radius 3 is 2.67 bits per heavy atom. The Hall–Kier alpha value is -3.47. The van der Waals surface area contributed by atoms with Gasteiger partial charge < -0.3 is 15.3 Å². The molecule has 1 amide bonds. The Bertz CT molecular complexity index is 1610. The summed E-state index contributed by atoms with van der Waals surface area (Å²) in [6.07, 6.45) is 2.52. The average Bonchev–Trinajstić information content (AvgIpc) is 3.35. The number of pyridine rings is 1. The summed E-state index contributed by atoms with van der Waals surface area (Å²) >= 11 is 0. The number of aromatic amines is 2. The second kappa shape index (κ2) is 7.01. The van der Waals surface area contributed by atoms with E-state index in [0.29, 0.717) is 51.4 Å². The highest BCUT2D eigenvalue weighted by Gasteiger charge is 2.34. The number of hydrogen-bond donors (Lipinski definition) is 3. The number of imidazole rings is 1. The lowest BCUT2D eigenvalue weighted by atomic mass is 10.1. The summed E-state index contributed by atoms with van der Waals surface area (Å²) in [4.78, 5) is 35.1. The Balaban J connectivity index is 1.44. The number of nitrogens with zero attached hydrogens (tertiary/aromatic N) is 3. The van der Waals surface area contributed by atoms with Crippen LogP contribution in [0.4, 0.5) is 5.69 Å². The minimum absolute atomic E-state index is 0.0367. The molecule has 0 radical (unpaired) electrons. The Morgan fingerprint density at radius 1 is 1.15 bits per heavy atom. The van der Waals surface area contributed by atoms with Crippen LogP contribution in [0.3, 0.4) is 0 Å². The van der Waals surface area contributed by atoms with Crippen molar-refractivity contribution in [3.63, 3.8) is 0 Å². The van der Waals surface area contributed by atoms with E-state index in [1.807, 2.05) is 13.0 Å². The maximum Gasteiger partial charge on any atom is 0.323 e. The highest BCUT2D eigenvalue weighted by molar-refractivity contribution is 7.91. The molecule has 1 atom stereocenters. The molecule has 170 valence electrons. The quantitative estimate of drug-likeness (QED) is 0.421. The van der Waals surface area contributed by atoms with Crippen molar-refractivity contribution in [3.8, 4) is 0 Å². The van der Waals surface area contributed by atoms with E-state index in [0.717, 1.165) is 18.5 Å². The molecule has 6 rings (SSSR count). The summed E-state index contributed by atoms with van der Waals surface area (Å²) in [6.45, 7) is 1.81. The van der Waals surface area contributed by atoms with Gasteiger partial charge in [-0.15, -0.1) is 0 Å². The molecule has 0 spiro atoms. The lowest BCUT2D eigenvalue weighted by Crippen LogP contribution is -2.15. The fourth-order valence-electron chi connectivity index (χ4n) is 4.63. The molecule has 1 saturated heterocycles. The molecule has 1 saturated carbocycles. The van der Waals surface area contributed by atoms with Crippen molar-refractivity contribution in [3.05, 3.63) is 51.7 Å². The van der Waals surface area contributed by atoms with Gasteiger partial charge in [0, 0.05) is 17.3 Å². The first kappa shape index (κ1) is 20.2. The molecule has 4 heterocycles. The van der Waals surface area contributed by atoms with Crippen molar-refractivity contribution in [2.24, 2.45) is 0 Å². The van der Waals surface area contributed by atoms with Crippen LogP contribution in [0, 0.1) is 6.92 Å². The molecule has 0 bridgehead atoms. The number of sulfone groups is 1. The molecule has 3 aromatic heterocycles. The van der Waals surface area contributed by atoms with E-state index in [1.54, 1.807) is 22.9 Å². The molecule has 2 aliphatic rings. The molecule has 10 nitrogen and oxygen atoms in total. The zero-order valence-electron chi connectivity index (χ0n) is 17.9. The van der Waals surface area contributed by atoms with Crippen LogP contribution in [0.2, 0.25) is 0 Å². The highest BCUT2D eigenvalue weighted by atomic mass is 32.2. The number of rotatable bonds is 4. The molecule has 33 heavy (non-hydrogen) atoms. The smallest absolute Gasteiger partial charge is 0.322 e. The highest BCUT2D eigenvalue weighted by Crippen LogP contribution is 2.41. The van der Waals surface area contributed by atoms with Crippen molar-refractivity contribution in [2.45, 2.75) is 38.1 Å². The van der Waals surface area contributed by atoms with Crippen molar-refractivity contribution in [1.82, 2.24) is 24.7 Å². The number of hydrogen-bond acceptors (Lipinski definition) is 6. The number of amides is 1. The maximum atomic E-state index is 13.4. The summed E-state index contributed by atoms with van der Waals surface area (Å²) in [5.41, 5.74) is 4.00. The van der Waals surface area contributed by atoms with E-state index in [4.69, 9.17) is 4.98 Å². The summed E-state index contributed by atoms with van der Waals surface area (Å²) < 4.78 is 25.8. The lowest BCUT2D eigenvalue weighted by molar-refractivity contribution is 0.102. The SMILES string of the molecule is Cc1nn([C@H]2CCS(=O)(=O)C2)c2nc(C3CC3)cc(C(=O)Nc3ccc4[nH]c(=O)[nH]c4c3)c12. The first-order valence-electron chi connectivity index (χ1n) is 10.9. The molecule has 1 aliphatic heterocycles. The minimum Gasteiger partial charge on any atom is -0.322 e. The van der Waals surface area contributed by atoms with Gasteiger partial charge in [-0.2, -0.15) is 5.10 Å². The summed E-state index contributed by atoms with van der Waals surface area (Å²) in [6, 6.07) is 6.70. The van der Waals surface area contributed by atoms with E-state index in [2.05, 4.69) is 20.4 Å². The topological polar surface area (TPSA) is 143 Å². The number of anilines is 1. The molecule has 3 N–H and O–H groups in total. The zero-order valence-corrected chi connectivity index (χ0v) is 18.7. The van der Waals surface area contributed by atoms with Crippen molar-refractivity contribution in [2.75, 3.05) is 16.8 Å². The van der Waals surface area contributed by atoms with Crippen LogP contribution in [-0.2, 0) is 9.84 Å². The number of aromatic nitrogens is 5. The number of H-pyrrole nitrogens is 2. The largest absolute Gasteiger partial charge is 0.323 e. The van der Waals surface area contributed by atoms with Crippen LogP contribution in [0.25, 0.3) is 22.1 Å². The van der Waals surface area contributed by atoms with E-state index in [1.165, 1.54) is 0 Å². The van der Waals surface area contributed by atoms with Gasteiger partial charge in [0.05, 0.1) is 45.2 Å². The summed E-state index contributed by atoms with van der Waals surface area (Å²) in [5.74, 6) is 0.174. The van der Waals surface area contributed by atoms with Crippen LogP contribution in [0.15, 0.2) is 29.1 Å². The average molecular weight is 467 g/mol. The fraction of sp³-hybridized carbons (Fsp3) is 0.364. The van der Waals surface area contributed by atoms with Gasteiger partial charge in [0.25, 0.3) is 5.91 Å². The van der Waals surface area contributed by atoms with Crippen LogP contribution >= 0.6 is 0 Å². The van der Waals surface area contributed by atoms with Gasteiger partial charge in [0.1, 0.15) is 0 Å². The predicted molar refractivity (Wildman–Crippen MR) is 123 cm³/mol. The van der Waals surface area contributed by atoms with Gasteiger partial charge in [0.15, 0.2) is 15.5 Å². The number of carbonyl (C=O) groups is 1. The number of fused-ring (bicyclic) bond motifs is 2. The molecular formula is C22H22N6O4S. The van der Waals surface area contributed by atoms with Gasteiger partial charge in [-0.1, -0.05) is 0 Å². The van der Waals surface area contributed by atoms with Crippen LogP contribution < -0.4 is 11.0 Å². The standard InChI is InChI=1S/C22H22N6O4S/c1-11-19-15(21(29)23-13-4-5-16-18(8-13)26-22(30)25-16)9-17(12-2-3-12)24-20(19)28(27-11)14-6-7-33(31,32)10-14/h4-5,8-9,12,14H,2-3,6-7,10H2,1H3,(H,23,29)(H2,25,26,30)/t14-/m0/s1. The van der Waals surface area contributed by atoms with Crippen molar-refractivity contribution in [1.29, 1.82) is 0 Å². The van der Waals surface area contributed by atoms with E-state index in [-0.39, 0.29) is 29.1 Å². The molecule has 1 aliphatic carbocycles. The lowest BCUT2D eigenvalue weighted by Gasteiger charge is -2.12. The Morgan fingerprint density at radius 2 is 1.94 bits per heavy atom. The number of nitrogens with one attached hydrogen (secondary N) is 3. The monoisotopic (exact) mass is 466 g/mol. The maximum absolute atomic E-state index is 13.4. The van der Waals surface area contributed by atoms with Gasteiger partial charge in [-0.3, -0.25) is 4.79 Å². The van der Waals surface area contributed by atoms with Crippen LogP contribution in [-0.4, -0.2) is 50.6 Å². The third-order valence-electron chi connectivity index (χ3n) is 6.43. The van der Waals surface area contributed by atoms with Gasteiger partial charge in [0.2, 0.25) is 0 Å². The normalized spacial score (nSPS) is 20.0. The third kappa shape index (κ3) is 3.52. The van der Waals surface area contributed by atoms with Crippen molar-refractivity contribution >= 4 is 43.5 Å². The van der Waals surface area contributed by atoms with E-state index in [9.17, 15) is 18.0 Å². The third-order valence-corrected chi connectivity index (χ3v) is 8.18. The number of benzene rings is 1. The fourth-order valence-corrected chi connectivity index (χ4v) is 6.32. The second-order valence-electron chi connectivity index (χ2n) is 8.95. The second-order valence-corrected chi connectivity index (χ2v) is 11.2. The summed E-state index contributed by atoms with van der Waals surface area (Å²) in [7, 11) is -3.10. The first-order valence-corrected chi connectivity index (χ1v) is 12.7. The molecule has 1 aromatic carbocycles. The first-order chi connectivity index (χ1) is 15.8. The zero-order chi connectivity index (χ0) is 22.9. The number of carbonyl (C=O) groups excluding carboxylic acids is 1. The van der Waals surface area contributed by atoms with Crippen molar-refractivity contribution < 1.29 is 13.2 Å². The molecule has 11 heteroatoms. The number of aryl methyl sites for hydroxylation is 1. The predicted octanol–water partition coefficient (Wildman–Crippen LogP) is 2.40. The van der Waals surface area contributed by atoms with Crippen LogP contribution in [0.1, 0.15) is 53.0 Å². The van der Waals surface area contributed by atoms with Gasteiger partial charge in [-0.25, -0.2) is 22.9 Å². The Kier molecular flexibility index (Phi) is 4.28. The van der Waals surface area contributed by atoms with Gasteiger partial charge >= 0.3 is 5.69 Å². The summed E-state index contributed by atoms with van der Waals surface area (Å²) in [5, 5.41) is 8.18. The molecular weight excluding hydrogens is 444 g/mol. The molecule has 2 fully saturated rings. The van der Waals surface area contributed by atoms with Crippen LogP contribution in [0.5, 0.6) is 0 Å². The minimum atomic E-state index is -3.10. The van der Waals surface area contributed by atoms with Gasteiger partial charge in [-0.05, 0) is 50.5 Å².